The van der Waals surface area contributed by atoms with Crippen molar-refractivity contribution in [1.29, 1.82) is 5.26 Å². The Hall–Kier alpha value is -2.45. The first-order chi connectivity index (χ1) is 10.6. The number of carbonyl (C=O) groups excluding carboxylic acids is 1. The maximum atomic E-state index is 12.8. The van der Waals surface area contributed by atoms with Crippen LogP contribution in [0.4, 0.5) is 0 Å². The van der Waals surface area contributed by atoms with Gasteiger partial charge in [0, 0.05) is 5.92 Å². The van der Waals surface area contributed by atoms with Gasteiger partial charge in [-0.2, -0.15) is 5.26 Å². The van der Waals surface area contributed by atoms with Gasteiger partial charge in [-0.05, 0) is 17.7 Å². The van der Waals surface area contributed by atoms with Crippen LogP contribution in [0.2, 0.25) is 0 Å². The number of rotatable bonds is 4. The highest BCUT2D eigenvalue weighted by Crippen LogP contribution is 2.62. The number of hydrogen-bond donors (Lipinski definition) is 0. The zero-order chi connectivity index (χ0) is 15.8. The van der Waals surface area contributed by atoms with Crippen molar-refractivity contribution in [3.8, 4) is 6.07 Å². The van der Waals surface area contributed by atoms with Gasteiger partial charge in [-0.1, -0.05) is 48.5 Å². The van der Waals surface area contributed by atoms with Crippen molar-refractivity contribution in [2.45, 2.75) is 16.1 Å². The number of carbonyl (C=O) groups is 1. The summed E-state index contributed by atoms with van der Waals surface area (Å²) >= 11 is 0. The molecular weight excluding hydrogens is 298 g/mol. The molecule has 0 radical (unpaired) electrons. The number of benzene rings is 2. The fourth-order valence-corrected chi connectivity index (χ4v) is 5.24. The molecule has 110 valence electrons. The molecule has 0 amide bonds. The molecule has 0 spiro atoms. The fourth-order valence-electron chi connectivity index (χ4n) is 2.98. The van der Waals surface area contributed by atoms with E-state index in [1.807, 2.05) is 12.1 Å². The van der Waals surface area contributed by atoms with E-state index in [0.717, 1.165) is 0 Å². The second kappa shape index (κ2) is 5.08. The van der Waals surface area contributed by atoms with Crippen molar-refractivity contribution in [1.82, 2.24) is 0 Å². The van der Waals surface area contributed by atoms with Crippen LogP contribution in [0.15, 0.2) is 65.6 Å². The van der Waals surface area contributed by atoms with E-state index in [9.17, 15) is 18.5 Å². The third-order valence-corrected chi connectivity index (χ3v) is 6.39. The van der Waals surface area contributed by atoms with Crippen LogP contribution in [0.5, 0.6) is 0 Å². The summed E-state index contributed by atoms with van der Waals surface area (Å²) in [6.07, 6.45) is 0.482. The molecule has 2 aromatic rings. The molecule has 1 aliphatic carbocycles. The van der Waals surface area contributed by atoms with Gasteiger partial charge in [0.05, 0.1) is 11.0 Å². The SMILES string of the molecule is N#C[C@@]1(C=O)[C@H](S(=O)(=O)c2ccccc2)[C@@H]1c1ccccc1. The standard InChI is InChI=1S/C17H13NO3S/c18-11-17(12-19)15(13-7-3-1-4-8-13)16(17)22(20,21)14-9-5-2-6-10-14/h1-10,12,15-16H/t15-,16+,17-/m0/s1. The largest absolute Gasteiger partial charge is 0.302 e. The third-order valence-electron chi connectivity index (χ3n) is 4.13. The first kappa shape index (κ1) is 14.5. The Labute approximate surface area is 128 Å². The molecule has 2 aromatic carbocycles. The maximum Gasteiger partial charge on any atom is 0.183 e. The van der Waals surface area contributed by atoms with Crippen LogP contribution in [0.25, 0.3) is 0 Å². The first-order valence-corrected chi connectivity index (χ1v) is 8.34. The topological polar surface area (TPSA) is 75.0 Å². The van der Waals surface area contributed by atoms with Crippen molar-refractivity contribution < 1.29 is 13.2 Å². The van der Waals surface area contributed by atoms with Crippen molar-refractivity contribution in [3.63, 3.8) is 0 Å². The lowest BCUT2D eigenvalue weighted by molar-refractivity contribution is -0.110. The molecule has 0 aromatic heterocycles. The van der Waals surface area contributed by atoms with Crippen LogP contribution < -0.4 is 0 Å². The highest BCUT2D eigenvalue weighted by atomic mass is 32.2. The molecule has 0 unspecified atom stereocenters. The first-order valence-electron chi connectivity index (χ1n) is 6.79. The summed E-state index contributed by atoms with van der Waals surface area (Å²) in [7, 11) is -3.75. The minimum Gasteiger partial charge on any atom is -0.302 e. The van der Waals surface area contributed by atoms with Crippen LogP contribution in [-0.2, 0) is 14.6 Å². The average molecular weight is 311 g/mol. The quantitative estimate of drug-likeness (QED) is 0.812. The number of aldehydes is 1. The van der Waals surface area contributed by atoms with Crippen LogP contribution in [0.3, 0.4) is 0 Å². The summed E-state index contributed by atoms with van der Waals surface area (Å²) in [5.41, 5.74) is -0.809. The Kier molecular flexibility index (Phi) is 3.34. The third kappa shape index (κ3) is 1.96. The molecule has 5 heteroatoms. The van der Waals surface area contributed by atoms with E-state index in [1.165, 1.54) is 12.1 Å². The minimum atomic E-state index is -3.75. The van der Waals surface area contributed by atoms with Crippen LogP contribution >= 0.6 is 0 Å². The fraction of sp³-hybridized carbons (Fsp3) is 0.176. The van der Waals surface area contributed by atoms with Gasteiger partial charge in [-0.25, -0.2) is 8.42 Å². The predicted molar refractivity (Wildman–Crippen MR) is 80.7 cm³/mol. The molecule has 0 saturated heterocycles. The Bertz CT molecular complexity index is 840. The van der Waals surface area contributed by atoms with Crippen molar-refractivity contribution in [3.05, 3.63) is 66.2 Å². The Morgan fingerprint density at radius 2 is 1.55 bits per heavy atom. The summed E-state index contributed by atoms with van der Waals surface area (Å²) < 4.78 is 25.6. The number of nitrogens with zero attached hydrogens (tertiary/aromatic N) is 1. The van der Waals surface area contributed by atoms with Crippen LogP contribution in [0, 0.1) is 16.7 Å². The van der Waals surface area contributed by atoms with Gasteiger partial charge in [0.15, 0.2) is 9.84 Å². The van der Waals surface area contributed by atoms with Crippen molar-refractivity contribution in [2.75, 3.05) is 0 Å². The van der Waals surface area contributed by atoms with Crippen molar-refractivity contribution >= 4 is 16.1 Å². The van der Waals surface area contributed by atoms with E-state index in [-0.39, 0.29) is 4.90 Å². The summed E-state index contributed by atoms with van der Waals surface area (Å²) in [6.45, 7) is 0. The highest BCUT2D eigenvalue weighted by Gasteiger charge is 2.72. The summed E-state index contributed by atoms with van der Waals surface area (Å²) in [4.78, 5) is 11.6. The highest BCUT2D eigenvalue weighted by molar-refractivity contribution is 7.92. The molecule has 4 nitrogen and oxygen atoms in total. The Balaban J connectivity index is 2.10. The van der Waals surface area contributed by atoms with E-state index in [1.54, 1.807) is 42.5 Å². The normalized spacial score (nSPS) is 26.9. The van der Waals surface area contributed by atoms with E-state index >= 15 is 0 Å². The number of sulfone groups is 1. The van der Waals surface area contributed by atoms with Crippen LogP contribution in [-0.4, -0.2) is 20.0 Å². The lowest BCUT2D eigenvalue weighted by atomic mass is 10.0. The van der Waals surface area contributed by atoms with Gasteiger partial charge in [0.2, 0.25) is 0 Å². The molecule has 3 atom stereocenters. The van der Waals surface area contributed by atoms with E-state index < -0.39 is 26.4 Å². The van der Waals surface area contributed by atoms with Gasteiger partial charge in [-0.15, -0.1) is 0 Å². The molecule has 1 saturated carbocycles. The summed E-state index contributed by atoms with van der Waals surface area (Å²) in [5, 5.41) is 8.39. The van der Waals surface area contributed by atoms with Gasteiger partial charge >= 0.3 is 0 Å². The van der Waals surface area contributed by atoms with E-state index in [0.29, 0.717) is 11.8 Å². The van der Waals surface area contributed by atoms with Gasteiger partial charge < -0.3 is 4.79 Å². The monoisotopic (exact) mass is 311 g/mol. The molecule has 1 aliphatic rings. The molecule has 0 N–H and O–H groups in total. The zero-order valence-electron chi connectivity index (χ0n) is 11.6. The Morgan fingerprint density at radius 3 is 2.05 bits per heavy atom. The maximum absolute atomic E-state index is 12.8. The number of hydrogen-bond acceptors (Lipinski definition) is 4. The molecule has 0 heterocycles. The minimum absolute atomic E-state index is 0.139. The molecule has 22 heavy (non-hydrogen) atoms. The van der Waals surface area contributed by atoms with Gasteiger partial charge in [0.1, 0.15) is 17.0 Å². The zero-order valence-corrected chi connectivity index (χ0v) is 12.4. The molecule has 0 bridgehead atoms. The molecule has 0 aliphatic heterocycles. The van der Waals surface area contributed by atoms with Gasteiger partial charge in [0.25, 0.3) is 0 Å². The smallest absolute Gasteiger partial charge is 0.183 e. The van der Waals surface area contributed by atoms with E-state index in [2.05, 4.69) is 0 Å². The second-order valence-electron chi connectivity index (χ2n) is 5.33. The molecule has 3 rings (SSSR count). The second-order valence-corrected chi connectivity index (χ2v) is 7.40. The van der Waals surface area contributed by atoms with Gasteiger partial charge in [-0.3, -0.25) is 0 Å². The lowest BCUT2D eigenvalue weighted by Gasteiger charge is -2.03. The predicted octanol–water partition coefficient (Wildman–Crippen LogP) is 2.34. The Morgan fingerprint density at radius 1 is 1.00 bits per heavy atom. The number of nitriles is 1. The molecule has 1 fully saturated rings. The summed E-state index contributed by atoms with van der Waals surface area (Å²) in [6, 6.07) is 18.7. The van der Waals surface area contributed by atoms with E-state index in [4.69, 9.17) is 0 Å². The average Bonchev–Trinajstić information content (AvgIpc) is 3.27. The van der Waals surface area contributed by atoms with Crippen molar-refractivity contribution in [2.24, 2.45) is 5.41 Å². The molecular formula is C17H13NO3S. The lowest BCUT2D eigenvalue weighted by Crippen LogP contribution is -2.16. The summed E-state index contributed by atoms with van der Waals surface area (Å²) in [5.74, 6) is -0.624. The van der Waals surface area contributed by atoms with Crippen LogP contribution in [0.1, 0.15) is 11.5 Å².